The molecule has 0 aromatic heterocycles. The van der Waals surface area contributed by atoms with Crippen molar-refractivity contribution in [3.8, 4) is 0 Å². The number of hydrogen-bond acceptors (Lipinski definition) is 4. The molecule has 0 aliphatic carbocycles. The predicted octanol–water partition coefficient (Wildman–Crippen LogP) is 2.68. The van der Waals surface area contributed by atoms with Crippen molar-refractivity contribution in [3.05, 3.63) is 60.2 Å². The van der Waals surface area contributed by atoms with Gasteiger partial charge in [0.05, 0.1) is 36.6 Å². The van der Waals surface area contributed by atoms with Crippen molar-refractivity contribution in [2.75, 3.05) is 31.7 Å². The van der Waals surface area contributed by atoms with Crippen LogP contribution in [0.4, 0.5) is 11.4 Å². The average molecular weight is 340 g/mol. The Hall–Kier alpha value is -2.37. The van der Waals surface area contributed by atoms with Crippen LogP contribution in [0.3, 0.4) is 0 Å². The molecule has 0 saturated carbocycles. The summed E-state index contributed by atoms with van der Waals surface area (Å²) in [6.07, 6.45) is -0.320. The van der Waals surface area contributed by atoms with Crippen LogP contribution in [-0.2, 0) is 4.74 Å². The largest absolute Gasteiger partial charge is 0.394 e. The minimum Gasteiger partial charge on any atom is -0.394 e. The third-order valence-electron chi connectivity index (χ3n) is 4.61. The van der Waals surface area contributed by atoms with Gasteiger partial charge in [0.25, 0.3) is 5.91 Å². The zero-order chi connectivity index (χ0) is 17.8. The Bertz CT molecular complexity index is 720. The van der Waals surface area contributed by atoms with Crippen LogP contribution in [0.25, 0.3) is 0 Å². The molecule has 2 atom stereocenters. The zero-order valence-corrected chi connectivity index (χ0v) is 14.6. The first-order valence-corrected chi connectivity index (χ1v) is 8.53. The van der Waals surface area contributed by atoms with Gasteiger partial charge in [0.1, 0.15) is 0 Å². The van der Waals surface area contributed by atoms with Crippen molar-refractivity contribution in [1.82, 2.24) is 4.90 Å². The summed E-state index contributed by atoms with van der Waals surface area (Å²) in [4.78, 5) is 17.0. The number of amides is 1. The highest BCUT2D eigenvalue weighted by molar-refractivity contribution is 6.00. The van der Waals surface area contributed by atoms with Crippen LogP contribution in [0.15, 0.2) is 54.6 Å². The summed E-state index contributed by atoms with van der Waals surface area (Å²) in [5.74, 6) is -0.0346. The van der Waals surface area contributed by atoms with E-state index in [0.29, 0.717) is 18.7 Å². The van der Waals surface area contributed by atoms with Crippen molar-refractivity contribution in [3.63, 3.8) is 0 Å². The molecule has 0 bridgehead atoms. The van der Waals surface area contributed by atoms with Gasteiger partial charge in [-0.05, 0) is 31.2 Å². The maximum absolute atomic E-state index is 13.2. The number of carbonyl (C=O) groups excluding carboxylic acids is 1. The van der Waals surface area contributed by atoms with E-state index in [1.165, 1.54) is 0 Å². The number of aliphatic hydroxyl groups is 1. The van der Waals surface area contributed by atoms with E-state index in [1.807, 2.05) is 73.5 Å². The molecule has 2 unspecified atom stereocenters. The molecule has 1 fully saturated rings. The van der Waals surface area contributed by atoms with E-state index >= 15 is 0 Å². The summed E-state index contributed by atoms with van der Waals surface area (Å²) in [5.41, 5.74) is 2.53. The lowest BCUT2D eigenvalue weighted by Gasteiger charge is -2.38. The zero-order valence-electron chi connectivity index (χ0n) is 14.6. The molecule has 2 aromatic carbocycles. The van der Waals surface area contributed by atoms with Crippen LogP contribution in [0.1, 0.15) is 17.3 Å². The molecule has 1 N–H and O–H groups in total. The van der Waals surface area contributed by atoms with E-state index in [9.17, 15) is 9.90 Å². The number of hydrogen-bond donors (Lipinski definition) is 1. The second-order valence-electron chi connectivity index (χ2n) is 6.36. The van der Waals surface area contributed by atoms with Crippen molar-refractivity contribution in [1.29, 1.82) is 0 Å². The van der Waals surface area contributed by atoms with Gasteiger partial charge in [-0.2, -0.15) is 0 Å². The Labute approximate surface area is 148 Å². The lowest BCUT2D eigenvalue weighted by Crippen LogP contribution is -2.52. The smallest absolute Gasteiger partial charge is 0.256 e. The lowest BCUT2D eigenvalue weighted by molar-refractivity contribution is -0.0667. The maximum atomic E-state index is 13.2. The van der Waals surface area contributed by atoms with Crippen LogP contribution in [0.5, 0.6) is 0 Å². The lowest BCUT2D eigenvalue weighted by atomic mass is 10.1. The predicted molar refractivity (Wildman–Crippen MR) is 98.3 cm³/mol. The van der Waals surface area contributed by atoms with E-state index in [0.717, 1.165) is 11.4 Å². The summed E-state index contributed by atoms with van der Waals surface area (Å²) in [6, 6.07) is 17.6. The minimum absolute atomic E-state index is 0.0228. The van der Waals surface area contributed by atoms with Crippen molar-refractivity contribution in [2.45, 2.75) is 19.1 Å². The first-order chi connectivity index (χ1) is 12.1. The van der Waals surface area contributed by atoms with Gasteiger partial charge in [-0.25, -0.2) is 0 Å². The molecule has 1 aliphatic heterocycles. The summed E-state index contributed by atoms with van der Waals surface area (Å²) in [5, 5.41) is 9.37. The molecule has 0 radical (unpaired) electrons. The Morgan fingerprint density at radius 1 is 1.20 bits per heavy atom. The first kappa shape index (κ1) is 17.5. The van der Waals surface area contributed by atoms with Crippen LogP contribution >= 0.6 is 0 Å². The molecule has 25 heavy (non-hydrogen) atoms. The molecule has 1 saturated heterocycles. The highest BCUT2D eigenvalue weighted by atomic mass is 16.5. The minimum atomic E-state index is -0.320. The van der Waals surface area contributed by atoms with E-state index in [1.54, 1.807) is 4.90 Å². The number of ether oxygens (including phenoxy) is 1. The SMILES string of the molecule is CC1COC(CO)CN1C(=O)c1ccccc1N(C)c1ccccc1. The molecule has 0 spiro atoms. The van der Waals surface area contributed by atoms with Crippen LogP contribution in [0.2, 0.25) is 0 Å². The molecule has 1 heterocycles. The Balaban J connectivity index is 1.91. The quantitative estimate of drug-likeness (QED) is 0.930. The standard InChI is InChI=1S/C20H24N2O3/c1-15-14-25-17(13-23)12-22(15)20(24)18-10-6-7-11-19(18)21(2)16-8-4-3-5-9-16/h3-11,15,17,23H,12-14H2,1-2H3. The summed E-state index contributed by atoms with van der Waals surface area (Å²) < 4.78 is 5.55. The number of anilines is 2. The Kier molecular flexibility index (Phi) is 5.36. The van der Waals surface area contributed by atoms with E-state index in [-0.39, 0.29) is 24.7 Å². The molecule has 2 aromatic rings. The highest BCUT2D eigenvalue weighted by Gasteiger charge is 2.31. The molecule has 3 rings (SSSR count). The van der Waals surface area contributed by atoms with Crippen molar-refractivity contribution >= 4 is 17.3 Å². The van der Waals surface area contributed by atoms with Gasteiger partial charge in [-0.3, -0.25) is 4.79 Å². The fourth-order valence-corrected chi connectivity index (χ4v) is 3.10. The topological polar surface area (TPSA) is 53.0 Å². The monoisotopic (exact) mass is 340 g/mol. The summed E-state index contributed by atoms with van der Waals surface area (Å²) in [7, 11) is 1.96. The number of rotatable bonds is 4. The van der Waals surface area contributed by atoms with Crippen molar-refractivity contribution < 1.29 is 14.6 Å². The number of carbonyl (C=O) groups is 1. The maximum Gasteiger partial charge on any atom is 0.256 e. The van der Waals surface area contributed by atoms with Crippen LogP contribution in [-0.4, -0.2) is 54.9 Å². The molecule has 1 aliphatic rings. The molecule has 5 heteroatoms. The van der Waals surface area contributed by atoms with Gasteiger partial charge in [-0.1, -0.05) is 30.3 Å². The summed E-state index contributed by atoms with van der Waals surface area (Å²) >= 11 is 0. The second kappa shape index (κ2) is 7.68. The Morgan fingerprint density at radius 2 is 1.88 bits per heavy atom. The molecule has 1 amide bonds. The van der Waals surface area contributed by atoms with Gasteiger partial charge in [0, 0.05) is 19.3 Å². The average Bonchev–Trinajstić information content (AvgIpc) is 2.68. The molecular weight excluding hydrogens is 316 g/mol. The third-order valence-corrected chi connectivity index (χ3v) is 4.61. The van der Waals surface area contributed by atoms with Gasteiger partial charge < -0.3 is 19.6 Å². The Morgan fingerprint density at radius 3 is 2.60 bits per heavy atom. The van der Waals surface area contributed by atoms with Crippen molar-refractivity contribution in [2.24, 2.45) is 0 Å². The first-order valence-electron chi connectivity index (χ1n) is 8.53. The number of para-hydroxylation sites is 2. The summed E-state index contributed by atoms with van der Waals surface area (Å²) in [6.45, 7) is 2.73. The molecule has 132 valence electrons. The van der Waals surface area contributed by atoms with E-state index < -0.39 is 0 Å². The number of nitrogens with zero attached hydrogens (tertiary/aromatic N) is 2. The number of morpholine rings is 1. The van der Waals surface area contributed by atoms with Gasteiger partial charge in [0.15, 0.2) is 0 Å². The van der Waals surface area contributed by atoms with Gasteiger partial charge in [-0.15, -0.1) is 0 Å². The fourth-order valence-electron chi connectivity index (χ4n) is 3.10. The highest BCUT2D eigenvalue weighted by Crippen LogP contribution is 2.28. The second-order valence-corrected chi connectivity index (χ2v) is 6.36. The fraction of sp³-hybridized carbons (Fsp3) is 0.350. The third kappa shape index (κ3) is 3.67. The van der Waals surface area contributed by atoms with E-state index in [4.69, 9.17) is 4.74 Å². The number of benzene rings is 2. The normalized spacial score (nSPS) is 20.4. The van der Waals surface area contributed by atoms with Crippen LogP contribution in [0, 0.1) is 0 Å². The number of aliphatic hydroxyl groups excluding tert-OH is 1. The molecule has 5 nitrogen and oxygen atoms in total. The van der Waals surface area contributed by atoms with Gasteiger partial charge >= 0.3 is 0 Å². The van der Waals surface area contributed by atoms with Gasteiger partial charge in [0.2, 0.25) is 0 Å². The van der Waals surface area contributed by atoms with E-state index in [2.05, 4.69) is 0 Å². The molecular formula is C20H24N2O3. The van der Waals surface area contributed by atoms with Crippen LogP contribution < -0.4 is 4.90 Å².